The number of esters is 1. The Morgan fingerprint density at radius 3 is 2.29 bits per heavy atom. The van der Waals surface area contributed by atoms with Gasteiger partial charge in [0.05, 0.1) is 0 Å². The van der Waals surface area contributed by atoms with E-state index in [0.717, 1.165) is 0 Å². The van der Waals surface area contributed by atoms with Gasteiger partial charge in [-0.15, -0.1) is 0 Å². The Bertz CT molecular complexity index is 567. The molecule has 0 radical (unpaired) electrons. The van der Waals surface area contributed by atoms with E-state index in [4.69, 9.17) is 4.74 Å². The Morgan fingerprint density at radius 1 is 1.29 bits per heavy atom. The molecule has 6 heteroatoms. The normalized spacial score (nSPS) is 12.7. The van der Waals surface area contributed by atoms with Gasteiger partial charge in [-0.05, 0) is 40.7 Å². The molecule has 0 fully saturated rings. The van der Waals surface area contributed by atoms with Crippen LogP contribution >= 0.6 is 0 Å². The fourth-order valence-corrected chi connectivity index (χ4v) is 1.70. The predicted octanol–water partition coefficient (Wildman–Crippen LogP) is 1.69. The number of ether oxygens (including phenoxy) is 1. The second-order valence-corrected chi connectivity index (χ2v) is 6.01. The van der Waals surface area contributed by atoms with Crippen molar-refractivity contribution in [3.63, 3.8) is 0 Å². The van der Waals surface area contributed by atoms with E-state index in [9.17, 15) is 14.4 Å². The first-order valence-corrected chi connectivity index (χ1v) is 6.72. The van der Waals surface area contributed by atoms with Gasteiger partial charge in [-0.2, -0.15) is 0 Å². The number of nitrogens with one attached hydrogen (secondary N) is 1. The highest BCUT2D eigenvalue weighted by Crippen LogP contribution is 2.10. The zero-order chi connectivity index (χ0) is 16.4. The summed E-state index contributed by atoms with van der Waals surface area (Å²) in [6.07, 6.45) is 1.58. The minimum absolute atomic E-state index is 0.121. The number of nitrogens with zero attached hydrogens (tertiary/aromatic N) is 1. The van der Waals surface area contributed by atoms with E-state index in [1.54, 1.807) is 45.5 Å². The Labute approximate surface area is 124 Å². The average Bonchev–Trinajstić information content (AvgIpc) is 2.69. The van der Waals surface area contributed by atoms with Gasteiger partial charge in [0.1, 0.15) is 17.3 Å². The summed E-state index contributed by atoms with van der Waals surface area (Å²) in [5, 5.41) is 2.57. The van der Waals surface area contributed by atoms with Crippen LogP contribution in [0.4, 0.5) is 0 Å². The first kappa shape index (κ1) is 16.9. The van der Waals surface area contributed by atoms with Crippen LogP contribution in [0.2, 0.25) is 0 Å². The Hall–Kier alpha value is -2.11. The minimum Gasteiger partial charge on any atom is -0.458 e. The zero-order valence-electron chi connectivity index (χ0n) is 13.3. The van der Waals surface area contributed by atoms with E-state index in [0.29, 0.717) is 11.3 Å². The molecule has 1 N–H and O–H groups in total. The molecule has 1 amide bonds. The Balaban J connectivity index is 2.77. The van der Waals surface area contributed by atoms with Crippen molar-refractivity contribution in [1.82, 2.24) is 9.88 Å². The monoisotopic (exact) mass is 294 g/mol. The molecule has 1 atom stereocenters. The number of carbonyl (C=O) groups is 3. The van der Waals surface area contributed by atoms with Crippen molar-refractivity contribution < 1.29 is 19.1 Å². The number of Topliss-reactive ketones (excluding diaryl/α,β-unsaturated/α-hetero) is 1. The first-order valence-electron chi connectivity index (χ1n) is 6.72. The van der Waals surface area contributed by atoms with Crippen LogP contribution in [0.15, 0.2) is 12.3 Å². The second-order valence-electron chi connectivity index (χ2n) is 6.01. The van der Waals surface area contributed by atoms with Crippen LogP contribution in [-0.2, 0) is 16.6 Å². The van der Waals surface area contributed by atoms with Gasteiger partial charge in [-0.1, -0.05) is 0 Å². The van der Waals surface area contributed by atoms with Crippen molar-refractivity contribution >= 4 is 17.7 Å². The fraction of sp³-hybridized carbons (Fsp3) is 0.533. The van der Waals surface area contributed by atoms with Gasteiger partial charge in [0.25, 0.3) is 5.91 Å². The maximum atomic E-state index is 12.1. The van der Waals surface area contributed by atoms with E-state index in [1.165, 1.54) is 13.0 Å². The molecular weight excluding hydrogens is 272 g/mol. The van der Waals surface area contributed by atoms with Crippen molar-refractivity contribution in [1.29, 1.82) is 0 Å². The quantitative estimate of drug-likeness (QED) is 0.677. The van der Waals surface area contributed by atoms with Gasteiger partial charge in [0.15, 0.2) is 5.78 Å². The molecule has 1 aromatic heterocycles. The summed E-state index contributed by atoms with van der Waals surface area (Å²) < 4.78 is 6.74. The molecule has 0 aliphatic carbocycles. The number of hydrogen-bond acceptors (Lipinski definition) is 4. The fourth-order valence-electron chi connectivity index (χ4n) is 1.70. The molecule has 1 aromatic rings. The van der Waals surface area contributed by atoms with E-state index in [2.05, 4.69) is 5.32 Å². The summed E-state index contributed by atoms with van der Waals surface area (Å²) in [6, 6.07) is 0.729. The number of aryl methyl sites for hydroxylation is 1. The molecular formula is C15H22N2O4. The van der Waals surface area contributed by atoms with Crippen molar-refractivity contribution in [2.75, 3.05) is 0 Å². The Kier molecular flexibility index (Phi) is 4.93. The number of carbonyl (C=O) groups excluding carboxylic acids is 3. The molecule has 0 aliphatic heterocycles. The standard InChI is InChI=1S/C15H22N2O4/c1-9(14(20)21-15(3,4)5)16-13(19)12-7-11(10(2)18)8-17(12)6/h7-9H,1-6H3,(H,16,19)/t9-/m0/s1. The van der Waals surface area contributed by atoms with Crippen molar-refractivity contribution in [2.24, 2.45) is 7.05 Å². The Morgan fingerprint density at radius 2 is 1.86 bits per heavy atom. The van der Waals surface area contributed by atoms with Crippen LogP contribution < -0.4 is 5.32 Å². The molecule has 0 unspecified atom stereocenters. The maximum absolute atomic E-state index is 12.1. The SMILES string of the molecule is CC(=O)c1cc(C(=O)N[C@@H](C)C(=O)OC(C)(C)C)n(C)c1. The summed E-state index contributed by atoms with van der Waals surface area (Å²) in [4.78, 5) is 35.3. The van der Waals surface area contributed by atoms with Gasteiger partial charge in [-0.3, -0.25) is 9.59 Å². The molecule has 1 rings (SSSR count). The number of hydrogen-bond donors (Lipinski definition) is 1. The highest BCUT2D eigenvalue weighted by molar-refractivity contribution is 6.00. The molecule has 0 aromatic carbocycles. The van der Waals surface area contributed by atoms with Gasteiger partial charge >= 0.3 is 5.97 Å². The molecule has 0 saturated heterocycles. The molecule has 116 valence electrons. The third kappa shape index (κ3) is 4.73. The molecule has 0 aliphatic rings. The smallest absolute Gasteiger partial charge is 0.328 e. The molecule has 0 spiro atoms. The lowest BCUT2D eigenvalue weighted by molar-refractivity contribution is -0.156. The number of ketones is 1. The van der Waals surface area contributed by atoms with Crippen LogP contribution in [-0.4, -0.2) is 33.9 Å². The van der Waals surface area contributed by atoms with Crippen LogP contribution in [0.5, 0.6) is 0 Å². The predicted molar refractivity (Wildman–Crippen MR) is 78.2 cm³/mol. The number of amides is 1. The summed E-state index contributed by atoms with van der Waals surface area (Å²) in [6.45, 7) is 8.27. The molecule has 1 heterocycles. The summed E-state index contributed by atoms with van der Waals surface area (Å²) in [7, 11) is 1.67. The van der Waals surface area contributed by atoms with Gasteiger partial charge < -0.3 is 14.6 Å². The minimum atomic E-state index is -0.771. The molecule has 0 saturated carbocycles. The van der Waals surface area contributed by atoms with E-state index in [-0.39, 0.29) is 5.78 Å². The lowest BCUT2D eigenvalue weighted by Crippen LogP contribution is -2.42. The summed E-state index contributed by atoms with van der Waals surface area (Å²) in [5.74, 6) is -1.05. The van der Waals surface area contributed by atoms with Gasteiger partial charge in [-0.25, -0.2) is 4.79 Å². The molecule has 0 bridgehead atoms. The number of rotatable bonds is 4. The lowest BCUT2D eigenvalue weighted by atomic mass is 10.2. The first-order chi connectivity index (χ1) is 9.51. The zero-order valence-corrected chi connectivity index (χ0v) is 13.3. The van der Waals surface area contributed by atoms with Crippen LogP contribution in [0.25, 0.3) is 0 Å². The molecule has 6 nitrogen and oxygen atoms in total. The molecule has 21 heavy (non-hydrogen) atoms. The van der Waals surface area contributed by atoms with Crippen molar-refractivity contribution in [2.45, 2.75) is 46.3 Å². The van der Waals surface area contributed by atoms with E-state index < -0.39 is 23.5 Å². The third-order valence-electron chi connectivity index (χ3n) is 2.75. The van der Waals surface area contributed by atoms with E-state index in [1.807, 2.05) is 0 Å². The van der Waals surface area contributed by atoms with Gasteiger partial charge in [0.2, 0.25) is 0 Å². The van der Waals surface area contributed by atoms with E-state index >= 15 is 0 Å². The van der Waals surface area contributed by atoms with Crippen LogP contribution in [0.3, 0.4) is 0 Å². The number of aromatic nitrogens is 1. The maximum Gasteiger partial charge on any atom is 0.328 e. The summed E-state index contributed by atoms with van der Waals surface area (Å²) >= 11 is 0. The second kappa shape index (κ2) is 6.11. The van der Waals surface area contributed by atoms with Crippen molar-refractivity contribution in [3.8, 4) is 0 Å². The third-order valence-corrected chi connectivity index (χ3v) is 2.75. The highest BCUT2D eigenvalue weighted by Gasteiger charge is 2.24. The topological polar surface area (TPSA) is 77.4 Å². The van der Waals surface area contributed by atoms with Gasteiger partial charge in [0, 0.05) is 18.8 Å². The van der Waals surface area contributed by atoms with Crippen LogP contribution in [0.1, 0.15) is 55.5 Å². The largest absolute Gasteiger partial charge is 0.458 e. The average molecular weight is 294 g/mol. The van der Waals surface area contributed by atoms with Crippen LogP contribution in [0, 0.1) is 0 Å². The van der Waals surface area contributed by atoms with Crippen molar-refractivity contribution in [3.05, 3.63) is 23.5 Å². The lowest BCUT2D eigenvalue weighted by Gasteiger charge is -2.22. The summed E-state index contributed by atoms with van der Waals surface area (Å²) in [5.41, 5.74) is 0.159. The highest BCUT2D eigenvalue weighted by atomic mass is 16.6.